The molecule has 0 atom stereocenters. The van der Waals surface area contributed by atoms with Crippen LogP contribution in [0.5, 0.6) is 0 Å². The smallest absolute Gasteiger partial charge is 0.185 e. The summed E-state index contributed by atoms with van der Waals surface area (Å²) in [4.78, 5) is 23.8. The lowest BCUT2D eigenvalue weighted by atomic mass is 10.1. The van der Waals surface area contributed by atoms with Crippen LogP contribution in [0.15, 0.2) is 29.6 Å². The second-order valence-corrected chi connectivity index (χ2v) is 7.52. The number of Topliss-reactive ketones (excluding diaryl/α,β-unsaturated/α-hetero) is 1. The highest BCUT2D eigenvalue weighted by Crippen LogP contribution is 2.27. The summed E-state index contributed by atoms with van der Waals surface area (Å²) in [5.74, 6) is 0.471. The van der Waals surface area contributed by atoms with E-state index in [0.717, 1.165) is 28.1 Å². The van der Waals surface area contributed by atoms with Gasteiger partial charge in [-0.2, -0.15) is 0 Å². The molecule has 0 unspecified atom stereocenters. The predicted octanol–water partition coefficient (Wildman–Crippen LogP) is 4.16. The van der Waals surface area contributed by atoms with Crippen molar-refractivity contribution in [2.45, 2.75) is 24.3 Å². The fourth-order valence-electron chi connectivity index (χ4n) is 2.28. The van der Waals surface area contributed by atoms with Gasteiger partial charge in [0, 0.05) is 19.3 Å². The van der Waals surface area contributed by atoms with Crippen LogP contribution < -0.4 is 4.90 Å². The Morgan fingerprint density at radius 2 is 2.05 bits per heavy atom. The number of carbonyl (C=O) groups excluding carboxylic acids is 1. The molecule has 2 aromatic heterocycles. The first-order chi connectivity index (χ1) is 10.7. The van der Waals surface area contributed by atoms with Crippen LogP contribution in [0.4, 0.5) is 5.13 Å². The van der Waals surface area contributed by atoms with E-state index in [9.17, 15) is 4.79 Å². The molecule has 0 N–H and O–H groups in total. The molecule has 116 valence electrons. The third-order valence-corrected chi connectivity index (χ3v) is 5.71. The maximum Gasteiger partial charge on any atom is 0.185 e. The molecule has 1 aliphatic rings. The Labute approximate surface area is 142 Å². The van der Waals surface area contributed by atoms with Crippen LogP contribution >= 0.6 is 34.7 Å². The van der Waals surface area contributed by atoms with Gasteiger partial charge in [-0.25, -0.2) is 9.97 Å². The van der Waals surface area contributed by atoms with Gasteiger partial charge in [0.15, 0.2) is 10.9 Å². The summed E-state index contributed by atoms with van der Waals surface area (Å²) < 4.78 is 0. The average Bonchev–Trinajstić information content (AvgIpc) is 3.05. The van der Waals surface area contributed by atoms with Gasteiger partial charge in [-0.1, -0.05) is 34.7 Å². The quantitative estimate of drug-likeness (QED) is 0.596. The van der Waals surface area contributed by atoms with Gasteiger partial charge in [0.25, 0.3) is 0 Å². The molecular formula is C15H16ClN3OS2. The highest BCUT2D eigenvalue weighted by molar-refractivity contribution is 8.00. The summed E-state index contributed by atoms with van der Waals surface area (Å²) in [5.41, 5.74) is 0. The molecule has 0 saturated carbocycles. The minimum absolute atomic E-state index is 0.0995. The Bertz CT molecular complexity index is 638. The summed E-state index contributed by atoms with van der Waals surface area (Å²) in [6.45, 7) is 2.09. The van der Waals surface area contributed by atoms with Crippen LogP contribution in [0.2, 0.25) is 5.02 Å². The molecule has 0 aromatic carbocycles. The van der Waals surface area contributed by atoms with E-state index in [1.165, 1.54) is 42.4 Å². The summed E-state index contributed by atoms with van der Waals surface area (Å²) >= 11 is 8.72. The molecular weight excluding hydrogens is 338 g/mol. The first-order valence-corrected chi connectivity index (χ1v) is 9.39. The summed E-state index contributed by atoms with van der Waals surface area (Å²) in [7, 11) is 0. The number of halogens is 1. The Balaban J connectivity index is 1.58. The lowest BCUT2D eigenvalue weighted by Gasteiger charge is -2.25. The van der Waals surface area contributed by atoms with E-state index in [-0.39, 0.29) is 5.78 Å². The van der Waals surface area contributed by atoms with E-state index in [1.807, 2.05) is 6.07 Å². The van der Waals surface area contributed by atoms with Crippen molar-refractivity contribution < 1.29 is 4.79 Å². The van der Waals surface area contributed by atoms with E-state index in [0.29, 0.717) is 10.8 Å². The van der Waals surface area contributed by atoms with E-state index >= 15 is 0 Å². The molecule has 0 aliphatic carbocycles. The molecule has 3 heterocycles. The molecule has 4 nitrogen and oxygen atoms in total. The molecule has 3 rings (SSSR count). The van der Waals surface area contributed by atoms with E-state index < -0.39 is 0 Å². The fraction of sp³-hybridized carbons (Fsp3) is 0.400. The third kappa shape index (κ3) is 4.00. The molecule has 0 bridgehead atoms. The van der Waals surface area contributed by atoms with Crippen LogP contribution in [-0.2, 0) is 0 Å². The van der Waals surface area contributed by atoms with Crippen molar-refractivity contribution in [3.63, 3.8) is 0 Å². The number of hydrogen-bond donors (Lipinski definition) is 0. The summed E-state index contributed by atoms with van der Waals surface area (Å²) in [6.07, 6.45) is 7.00. The van der Waals surface area contributed by atoms with E-state index in [1.54, 1.807) is 18.5 Å². The van der Waals surface area contributed by atoms with Crippen molar-refractivity contribution in [1.82, 2.24) is 9.97 Å². The number of hydrogen-bond acceptors (Lipinski definition) is 6. The number of anilines is 1. The zero-order valence-corrected chi connectivity index (χ0v) is 14.4. The predicted molar refractivity (Wildman–Crippen MR) is 92.5 cm³/mol. The minimum Gasteiger partial charge on any atom is -0.348 e. The van der Waals surface area contributed by atoms with Gasteiger partial charge in [-0.05, 0) is 31.4 Å². The standard InChI is InChI=1S/C15H16ClN3OS2/c16-11-4-5-14(17-8-11)21-10-12(20)13-9-18-15(22-13)19-6-2-1-3-7-19/h4-5,8-9H,1-3,6-7,10H2. The SMILES string of the molecule is O=C(CSc1ccc(Cl)cn1)c1cnc(N2CCCCC2)s1. The Hall–Kier alpha value is -1.11. The molecule has 0 radical (unpaired) electrons. The van der Waals surface area contributed by atoms with Crippen molar-refractivity contribution in [3.8, 4) is 0 Å². The number of piperidine rings is 1. The maximum atomic E-state index is 12.3. The first kappa shape index (κ1) is 15.8. The lowest BCUT2D eigenvalue weighted by molar-refractivity contribution is 0.102. The number of ketones is 1. The Morgan fingerprint density at radius 1 is 1.23 bits per heavy atom. The van der Waals surface area contributed by atoms with Gasteiger partial charge in [0.05, 0.1) is 26.9 Å². The zero-order valence-electron chi connectivity index (χ0n) is 12.0. The number of thiazole rings is 1. The van der Waals surface area contributed by atoms with Crippen molar-refractivity contribution in [1.29, 1.82) is 0 Å². The van der Waals surface area contributed by atoms with Crippen LogP contribution in [0.3, 0.4) is 0 Å². The van der Waals surface area contributed by atoms with Gasteiger partial charge in [-0.15, -0.1) is 0 Å². The Kier molecular flexibility index (Phi) is 5.33. The highest BCUT2D eigenvalue weighted by atomic mass is 35.5. The molecule has 0 spiro atoms. The molecule has 22 heavy (non-hydrogen) atoms. The van der Waals surface area contributed by atoms with Crippen molar-refractivity contribution in [2.24, 2.45) is 0 Å². The van der Waals surface area contributed by atoms with E-state index in [4.69, 9.17) is 11.6 Å². The van der Waals surface area contributed by atoms with E-state index in [2.05, 4.69) is 14.9 Å². The highest BCUT2D eigenvalue weighted by Gasteiger charge is 2.17. The summed E-state index contributed by atoms with van der Waals surface area (Å²) in [6, 6.07) is 3.61. The monoisotopic (exact) mass is 353 g/mol. The zero-order chi connectivity index (χ0) is 15.4. The minimum atomic E-state index is 0.0995. The lowest BCUT2D eigenvalue weighted by Crippen LogP contribution is -2.29. The van der Waals surface area contributed by atoms with Gasteiger partial charge < -0.3 is 4.90 Å². The van der Waals surface area contributed by atoms with Crippen molar-refractivity contribution >= 4 is 45.6 Å². The number of rotatable bonds is 5. The molecule has 1 fully saturated rings. The molecule has 0 amide bonds. The molecule has 1 aliphatic heterocycles. The molecule has 7 heteroatoms. The topological polar surface area (TPSA) is 46.1 Å². The number of pyridine rings is 1. The van der Waals surface area contributed by atoms with Crippen LogP contribution in [0.1, 0.15) is 28.9 Å². The van der Waals surface area contributed by atoms with Crippen molar-refractivity contribution in [3.05, 3.63) is 34.4 Å². The third-order valence-electron chi connectivity index (χ3n) is 3.45. The van der Waals surface area contributed by atoms with Crippen LogP contribution in [0, 0.1) is 0 Å². The van der Waals surface area contributed by atoms with Gasteiger partial charge >= 0.3 is 0 Å². The summed E-state index contributed by atoms with van der Waals surface area (Å²) in [5, 5.41) is 2.38. The normalized spacial score (nSPS) is 15.0. The van der Waals surface area contributed by atoms with Crippen LogP contribution in [-0.4, -0.2) is 34.6 Å². The fourth-order valence-corrected chi connectivity index (χ4v) is 4.12. The van der Waals surface area contributed by atoms with Gasteiger partial charge in [-0.3, -0.25) is 4.79 Å². The Morgan fingerprint density at radius 3 is 2.77 bits per heavy atom. The van der Waals surface area contributed by atoms with Gasteiger partial charge in [0.1, 0.15) is 0 Å². The average molecular weight is 354 g/mol. The second-order valence-electron chi connectivity index (χ2n) is 5.08. The first-order valence-electron chi connectivity index (χ1n) is 7.21. The largest absolute Gasteiger partial charge is 0.348 e. The number of aromatic nitrogens is 2. The van der Waals surface area contributed by atoms with Crippen molar-refractivity contribution in [2.75, 3.05) is 23.7 Å². The molecule has 2 aromatic rings. The molecule has 1 saturated heterocycles. The number of carbonyl (C=O) groups is 1. The van der Waals surface area contributed by atoms with Crippen LogP contribution in [0.25, 0.3) is 0 Å². The maximum absolute atomic E-state index is 12.3. The number of nitrogens with zero attached hydrogens (tertiary/aromatic N) is 3. The van der Waals surface area contributed by atoms with Gasteiger partial charge in [0.2, 0.25) is 0 Å². The number of thioether (sulfide) groups is 1. The second kappa shape index (κ2) is 7.44.